The number of carbonyl (C=O) groups excluding carboxylic acids is 1. The van der Waals surface area contributed by atoms with Crippen molar-refractivity contribution in [3.8, 4) is 0 Å². The first-order chi connectivity index (χ1) is 13.4. The summed E-state index contributed by atoms with van der Waals surface area (Å²) < 4.78 is 41.6. The van der Waals surface area contributed by atoms with Gasteiger partial charge in [-0.3, -0.25) is 10.1 Å². The average Bonchev–Trinajstić information content (AvgIpc) is 3.09. The first-order valence-electron chi connectivity index (χ1n) is 8.88. The number of anilines is 1. The van der Waals surface area contributed by atoms with Gasteiger partial charge in [0.2, 0.25) is 5.95 Å². The third-order valence-corrected chi connectivity index (χ3v) is 4.83. The van der Waals surface area contributed by atoms with Crippen LogP contribution in [0.4, 0.5) is 19.1 Å². The second-order valence-corrected chi connectivity index (χ2v) is 6.67. The lowest BCUT2D eigenvalue weighted by Crippen LogP contribution is -2.21. The maximum atomic E-state index is 13.3. The van der Waals surface area contributed by atoms with Crippen LogP contribution in [0.3, 0.4) is 0 Å². The third kappa shape index (κ3) is 3.62. The number of carbonyl (C=O) groups is 1. The number of benzene rings is 2. The molecule has 0 aliphatic carbocycles. The Morgan fingerprint density at radius 3 is 2.54 bits per heavy atom. The minimum absolute atomic E-state index is 0.161. The van der Waals surface area contributed by atoms with Crippen LogP contribution in [-0.2, 0) is 19.1 Å². The number of halogens is 3. The smallest absolute Gasteiger partial charge is 0.289 e. The number of hydrogen-bond acceptors (Lipinski definition) is 3. The number of aromatic nitrogens is 3. The highest BCUT2D eigenvalue weighted by molar-refractivity contribution is 6.03. The molecule has 1 unspecified atom stereocenters. The van der Waals surface area contributed by atoms with Crippen LogP contribution in [0, 0.1) is 0 Å². The van der Waals surface area contributed by atoms with E-state index < -0.39 is 11.7 Å². The Morgan fingerprint density at radius 2 is 1.79 bits per heavy atom. The van der Waals surface area contributed by atoms with Crippen molar-refractivity contribution in [2.45, 2.75) is 31.5 Å². The molecule has 28 heavy (non-hydrogen) atoms. The van der Waals surface area contributed by atoms with Gasteiger partial charge in [0.1, 0.15) is 5.82 Å². The molecular formula is C20H17F3N4O. The van der Waals surface area contributed by atoms with Crippen LogP contribution in [0.1, 0.15) is 39.6 Å². The standard InChI is InChI=1S/C20H17F3N4O/c21-20(22,23)16-9-5-4-8-15(16)14-10-11-27-17(12-14)24-19(26-27)25-18(28)13-6-2-1-3-7-13/h1-9,14H,10-12H2,(H,25,26,28). The summed E-state index contributed by atoms with van der Waals surface area (Å²) in [5, 5.41) is 6.91. The molecule has 0 spiro atoms. The number of nitrogens with zero attached hydrogens (tertiary/aromatic N) is 3. The molecule has 0 saturated carbocycles. The Labute approximate surface area is 159 Å². The quantitative estimate of drug-likeness (QED) is 0.731. The van der Waals surface area contributed by atoms with E-state index in [2.05, 4.69) is 15.4 Å². The molecule has 8 heteroatoms. The van der Waals surface area contributed by atoms with Crippen LogP contribution in [0.5, 0.6) is 0 Å². The summed E-state index contributed by atoms with van der Waals surface area (Å²) in [4.78, 5) is 16.6. The normalized spacial score (nSPS) is 16.5. The summed E-state index contributed by atoms with van der Waals surface area (Å²) in [5.74, 6) is 0.0971. The summed E-state index contributed by atoms with van der Waals surface area (Å²) in [5.41, 5.74) is 0.150. The van der Waals surface area contributed by atoms with Crippen LogP contribution in [0.25, 0.3) is 0 Å². The molecule has 1 aliphatic heterocycles. The second kappa shape index (κ2) is 7.10. The molecule has 0 radical (unpaired) electrons. The van der Waals surface area contributed by atoms with E-state index >= 15 is 0 Å². The van der Waals surface area contributed by atoms with E-state index in [4.69, 9.17) is 0 Å². The number of alkyl halides is 3. The first kappa shape index (κ1) is 18.2. The Bertz CT molecular complexity index is 998. The van der Waals surface area contributed by atoms with Crippen LogP contribution < -0.4 is 5.32 Å². The number of fused-ring (bicyclic) bond motifs is 1. The van der Waals surface area contributed by atoms with Gasteiger partial charge >= 0.3 is 6.18 Å². The van der Waals surface area contributed by atoms with Crippen molar-refractivity contribution in [2.75, 3.05) is 5.32 Å². The van der Waals surface area contributed by atoms with Crippen molar-refractivity contribution in [1.29, 1.82) is 0 Å². The van der Waals surface area contributed by atoms with E-state index in [1.54, 1.807) is 35.0 Å². The lowest BCUT2D eigenvalue weighted by atomic mass is 9.87. The molecule has 0 fully saturated rings. The molecule has 2 aromatic carbocycles. The minimum Gasteiger partial charge on any atom is -0.289 e. The number of nitrogens with one attached hydrogen (secondary N) is 1. The van der Waals surface area contributed by atoms with Crippen molar-refractivity contribution >= 4 is 11.9 Å². The van der Waals surface area contributed by atoms with E-state index in [0.717, 1.165) is 6.07 Å². The van der Waals surface area contributed by atoms with Crippen molar-refractivity contribution in [2.24, 2.45) is 0 Å². The van der Waals surface area contributed by atoms with Crippen molar-refractivity contribution in [1.82, 2.24) is 14.8 Å². The van der Waals surface area contributed by atoms with Crippen molar-refractivity contribution < 1.29 is 18.0 Å². The molecule has 4 rings (SSSR count). The molecule has 1 aromatic heterocycles. The van der Waals surface area contributed by atoms with Crippen LogP contribution in [0.15, 0.2) is 54.6 Å². The molecule has 144 valence electrons. The first-order valence-corrected chi connectivity index (χ1v) is 8.88. The van der Waals surface area contributed by atoms with Crippen molar-refractivity contribution in [3.63, 3.8) is 0 Å². The van der Waals surface area contributed by atoms with Gasteiger partial charge in [-0.2, -0.15) is 18.2 Å². The maximum absolute atomic E-state index is 13.3. The van der Waals surface area contributed by atoms with Crippen LogP contribution >= 0.6 is 0 Å². The van der Waals surface area contributed by atoms with Gasteiger partial charge in [-0.1, -0.05) is 36.4 Å². The zero-order valence-corrected chi connectivity index (χ0v) is 14.8. The van der Waals surface area contributed by atoms with Crippen LogP contribution in [-0.4, -0.2) is 20.7 Å². The third-order valence-electron chi connectivity index (χ3n) is 4.83. The molecule has 1 amide bonds. The molecule has 1 N–H and O–H groups in total. The van der Waals surface area contributed by atoms with Gasteiger partial charge in [0.05, 0.1) is 5.56 Å². The predicted octanol–water partition coefficient (Wildman–Crippen LogP) is 4.28. The van der Waals surface area contributed by atoms with Gasteiger partial charge in [0, 0.05) is 18.5 Å². The number of amides is 1. The van der Waals surface area contributed by atoms with Gasteiger partial charge < -0.3 is 0 Å². The highest BCUT2D eigenvalue weighted by Gasteiger charge is 2.36. The number of rotatable bonds is 3. The zero-order chi connectivity index (χ0) is 19.7. The van der Waals surface area contributed by atoms with E-state index in [0.29, 0.717) is 30.8 Å². The minimum atomic E-state index is -4.39. The Hall–Kier alpha value is -3.16. The van der Waals surface area contributed by atoms with Crippen molar-refractivity contribution in [3.05, 3.63) is 77.1 Å². The number of hydrogen-bond donors (Lipinski definition) is 1. The maximum Gasteiger partial charge on any atom is 0.416 e. The van der Waals surface area contributed by atoms with E-state index in [9.17, 15) is 18.0 Å². The Morgan fingerprint density at radius 1 is 1.07 bits per heavy atom. The molecule has 3 aromatic rings. The largest absolute Gasteiger partial charge is 0.416 e. The zero-order valence-electron chi connectivity index (χ0n) is 14.8. The summed E-state index contributed by atoms with van der Waals surface area (Å²) in [6, 6.07) is 14.3. The number of aryl methyl sites for hydroxylation is 1. The highest BCUT2D eigenvalue weighted by atomic mass is 19.4. The molecule has 0 bridgehead atoms. The topological polar surface area (TPSA) is 59.8 Å². The molecule has 1 aliphatic rings. The Balaban J connectivity index is 1.54. The second-order valence-electron chi connectivity index (χ2n) is 6.67. The summed E-state index contributed by atoms with van der Waals surface area (Å²) in [7, 11) is 0. The predicted molar refractivity (Wildman–Crippen MR) is 96.9 cm³/mol. The molecule has 2 heterocycles. The monoisotopic (exact) mass is 386 g/mol. The lowest BCUT2D eigenvalue weighted by Gasteiger charge is -2.25. The molecule has 0 saturated heterocycles. The summed E-state index contributed by atoms with van der Waals surface area (Å²) >= 11 is 0. The van der Waals surface area contributed by atoms with E-state index in [1.807, 2.05) is 6.07 Å². The summed E-state index contributed by atoms with van der Waals surface area (Å²) in [6.45, 7) is 0.445. The van der Waals surface area contributed by atoms with E-state index in [1.165, 1.54) is 12.1 Å². The van der Waals surface area contributed by atoms with Gasteiger partial charge in [-0.25, -0.2) is 4.68 Å². The average molecular weight is 386 g/mol. The fraction of sp³-hybridized carbons (Fsp3) is 0.250. The summed E-state index contributed by atoms with van der Waals surface area (Å²) in [6.07, 6.45) is -3.53. The van der Waals surface area contributed by atoms with Crippen LogP contribution in [0.2, 0.25) is 0 Å². The molecule has 5 nitrogen and oxygen atoms in total. The van der Waals surface area contributed by atoms with Gasteiger partial charge in [0.25, 0.3) is 5.91 Å². The molecular weight excluding hydrogens is 369 g/mol. The fourth-order valence-electron chi connectivity index (χ4n) is 3.50. The van der Waals surface area contributed by atoms with Gasteiger partial charge in [-0.05, 0) is 36.1 Å². The molecule has 1 atom stereocenters. The Kier molecular flexibility index (Phi) is 4.62. The van der Waals surface area contributed by atoms with E-state index in [-0.39, 0.29) is 23.3 Å². The SMILES string of the molecule is O=C(Nc1nc2n(n1)CCC(c1ccccc1C(F)(F)F)C2)c1ccccc1. The lowest BCUT2D eigenvalue weighted by molar-refractivity contribution is -0.138. The van der Waals surface area contributed by atoms with Gasteiger partial charge in [0.15, 0.2) is 0 Å². The fourth-order valence-corrected chi connectivity index (χ4v) is 3.50. The van der Waals surface area contributed by atoms with Gasteiger partial charge in [-0.15, -0.1) is 5.10 Å². The highest BCUT2D eigenvalue weighted by Crippen LogP contribution is 2.38.